The largest absolute Gasteiger partial charge is 0.411 e. The van der Waals surface area contributed by atoms with Gasteiger partial charge in [0.2, 0.25) is 0 Å². The van der Waals surface area contributed by atoms with Crippen LogP contribution in [0.2, 0.25) is 0 Å². The average Bonchev–Trinajstić information content (AvgIpc) is 2.99. The molecule has 6 nitrogen and oxygen atoms in total. The Bertz CT molecular complexity index is 634. The fraction of sp³-hybridized carbons (Fsp3) is 0.154. The fourth-order valence-corrected chi connectivity index (χ4v) is 2.26. The maximum atomic E-state index is 12.4. The van der Waals surface area contributed by atoms with Gasteiger partial charge in [0.1, 0.15) is 0 Å². The molecule has 3 rings (SSSR count). The Kier molecular flexibility index (Phi) is 2.75. The second kappa shape index (κ2) is 4.56. The zero-order valence-electron chi connectivity index (χ0n) is 10.1. The summed E-state index contributed by atoms with van der Waals surface area (Å²) >= 11 is 0. The van der Waals surface area contributed by atoms with Gasteiger partial charge < -0.3 is 10.1 Å². The van der Waals surface area contributed by atoms with Gasteiger partial charge in [-0.1, -0.05) is 23.4 Å². The third kappa shape index (κ3) is 1.87. The molecule has 2 aromatic rings. The van der Waals surface area contributed by atoms with Crippen LogP contribution >= 0.6 is 0 Å². The van der Waals surface area contributed by atoms with Crippen molar-refractivity contribution in [3.8, 4) is 0 Å². The van der Waals surface area contributed by atoms with Gasteiger partial charge in [-0.15, -0.1) is 0 Å². The van der Waals surface area contributed by atoms with Crippen LogP contribution in [0.15, 0.2) is 41.8 Å². The molecule has 19 heavy (non-hydrogen) atoms. The van der Waals surface area contributed by atoms with Gasteiger partial charge in [0.15, 0.2) is 0 Å². The van der Waals surface area contributed by atoms with Gasteiger partial charge in [0, 0.05) is 24.7 Å². The SMILES string of the molecule is O=C(c1cn[nH]c1)N1CCC(=NO)c2ccccc21. The Morgan fingerprint density at radius 2 is 2.26 bits per heavy atom. The van der Waals surface area contributed by atoms with Crippen LogP contribution in [-0.4, -0.2) is 33.6 Å². The van der Waals surface area contributed by atoms with E-state index in [9.17, 15) is 4.79 Å². The summed E-state index contributed by atoms with van der Waals surface area (Å²) in [6, 6.07) is 7.40. The highest BCUT2D eigenvalue weighted by Crippen LogP contribution is 2.28. The van der Waals surface area contributed by atoms with Crippen LogP contribution in [0.1, 0.15) is 22.3 Å². The Labute approximate surface area is 109 Å². The van der Waals surface area contributed by atoms with Crippen molar-refractivity contribution in [3.05, 3.63) is 47.8 Å². The number of hydrogen-bond donors (Lipinski definition) is 2. The first-order valence-electron chi connectivity index (χ1n) is 5.92. The molecule has 2 heterocycles. The standard InChI is InChI=1S/C13H12N4O2/c18-13(9-7-14-15-8-9)17-6-5-11(16-19)10-3-1-2-4-12(10)17/h1-4,7-8,19H,5-6H2,(H,14,15). The van der Waals surface area contributed by atoms with Crippen LogP contribution in [0.3, 0.4) is 0 Å². The van der Waals surface area contributed by atoms with E-state index in [1.54, 1.807) is 11.1 Å². The summed E-state index contributed by atoms with van der Waals surface area (Å²) in [5.41, 5.74) is 2.66. The van der Waals surface area contributed by atoms with E-state index in [0.717, 1.165) is 11.3 Å². The number of para-hydroxylation sites is 1. The maximum Gasteiger partial charge on any atom is 0.261 e. The van der Waals surface area contributed by atoms with Crippen LogP contribution in [0.4, 0.5) is 5.69 Å². The smallest absolute Gasteiger partial charge is 0.261 e. The highest BCUT2D eigenvalue weighted by atomic mass is 16.4. The normalized spacial score (nSPS) is 16.4. The molecular weight excluding hydrogens is 244 g/mol. The predicted molar refractivity (Wildman–Crippen MR) is 69.6 cm³/mol. The number of carbonyl (C=O) groups is 1. The van der Waals surface area contributed by atoms with Crippen LogP contribution in [0.25, 0.3) is 0 Å². The van der Waals surface area contributed by atoms with Crippen molar-refractivity contribution >= 4 is 17.3 Å². The second-order valence-electron chi connectivity index (χ2n) is 4.26. The van der Waals surface area contributed by atoms with E-state index >= 15 is 0 Å². The van der Waals surface area contributed by atoms with E-state index in [0.29, 0.717) is 24.2 Å². The molecule has 1 amide bonds. The molecule has 1 aromatic heterocycles. The Morgan fingerprint density at radius 1 is 1.42 bits per heavy atom. The zero-order valence-corrected chi connectivity index (χ0v) is 10.1. The number of aromatic nitrogens is 2. The molecule has 0 saturated carbocycles. The lowest BCUT2D eigenvalue weighted by Crippen LogP contribution is -2.37. The van der Waals surface area contributed by atoms with E-state index in [4.69, 9.17) is 5.21 Å². The van der Waals surface area contributed by atoms with E-state index in [2.05, 4.69) is 15.4 Å². The van der Waals surface area contributed by atoms with E-state index in [-0.39, 0.29) is 5.91 Å². The number of hydrogen-bond acceptors (Lipinski definition) is 4. The molecule has 0 bridgehead atoms. The van der Waals surface area contributed by atoms with Crippen LogP contribution < -0.4 is 4.90 Å². The average molecular weight is 256 g/mol. The summed E-state index contributed by atoms with van der Waals surface area (Å²) in [6.45, 7) is 0.487. The van der Waals surface area contributed by atoms with Crippen molar-refractivity contribution in [1.29, 1.82) is 0 Å². The minimum Gasteiger partial charge on any atom is -0.411 e. The topological polar surface area (TPSA) is 81.6 Å². The first kappa shape index (κ1) is 11.5. The Morgan fingerprint density at radius 3 is 3.00 bits per heavy atom. The van der Waals surface area contributed by atoms with Gasteiger partial charge in [-0.3, -0.25) is 9.89 Å². The lowest BCUT2D eigenvalue weighted by molar-refractivity contribution is 0.0987. The van der Waals surface area contributed by atoms with Crippen LogP contribution in [0.5, 0.6) is 0 Å². The van der Waals surface area contributed by atoms with Crippen molar-refractivity contribution in [2.45, 2.75) is 6.42 Å². The third-order valence-electron chi connectivity index (χ3n) is 3.19. The number of benzene rings is 1. The molecule has 6 heteroatoms. The monoisotopic (exact) mass is 256 g/mol. The molecular formula is C13H12N4O2. The summed E-state index contributed by atoms with van der Waals surface area (Å²) in [7, 11) is 0. The lowest BCUT2D eigenvalue weighted by atomic mass is 9.99. The third-order valence-corrected chi connectivity index (χ3v) is 3.19. The summed E-state index contributed by atoms with van der Waals surface area (Å²) < 4.78 is 0. The van der Waals surface area contributed by atoms with Crippen molar-refractivity contribution < 1.29 is 10.0 Å². The van der Waals surface area contributed by atoms with E-state index in [1.807, 2.05) is 24.3 Å². The van der Waals surface area contributed by atoms with Crippen molar-refractivity contribution in [2.75, 3.05) is 11.4 Å². The van der Waals surface area contributed by atoms with Crippen molar-refractivity contribution in [2.24, 2.45) is 5.16 Å². The molecule has 0 saturated heterocycles. The van der Waals surface area contributed by atoms with Gasteiger partial charge >= 0.3 is 0 Å². The van der Waals surface area contributed by atoms with Crippen molar-refractivity contribution in [1.82, 2.24) is 10.2 Å². The number of amides is 1. The zero-order chi connectivity index (χ0) is 13.2. The highest BCUT2D eigenvalue weighted by molar-refractivity contribution is 6.14. The number of fused-ring (bicyclic) bond motifs is 1. The molecule has 96 valence electrons. The highest BCUT2D eigenvalue weighted by Gasteiger charge is 2.27. The number of rotatable bonds is 1. The van der Waals surface area contributed by atoms with Gasteiger partial charge in [0.25, 0.3) is 5.91 Å². The van der Waals surface area contributed by atoms with Gasteiger partial charge in [-0.25, -0.2) is 0 Å². The Balaban J connectivity index is 2.03. The predicted octanol–water partition coefficient (Wildman–Crippen LogP) is 1.64. The molecule has 0 radical (unpaired) electrons. The number of aromatic amines is 1. The molecule has 0 spiro atoms. The molecule has 1 aliphatic rings. The minimum absolute atomic E-state index is 0.113. The van der Waals surface area contributed by atoms with Gasteiger partial charge in [-0.2, -0.15) is 5.10 Å². The number of carbonyl (C=O) groups excluding carboxylic acids is 1. The lowest BCUT2D eigenvalue weighted by Gasteiger charge is -2.29. The number of anilines is 1. The number of nitrogens with one attached hydrogen (secondary N) is 1. The van der Waals surface area contributed by atoms with Gasteiger partial charge in [0.05, 0.1) is 23.2 Å². The summed E-state index contributed by atoms with van der Waals surface area (Å²) in [6.07, 6.45) is 3.60. The van der Waals surface area contributed by atoms with Crippen LogP contribution in [-0.2, 0) is 0 Å². The number of nitrogens with zero attached hydrogens (tertiary/aromatic N) is 3. The molecule has 0 unspecified atom stereocenters. The fourth-order valence-electron chi connectivity index (χ4n) is 2.26. The number of oxime groups is 1. The molecule has 1 aliphatic heterocycles. The summed E-state index contributed by atoms with van der Waals surface area (Å²) in [5.74, 6) is -0.113. The van der Waals surface area contributed by atoms with Gasteiger partial charge in [-0.05, 0) is 6.07 Å². The quantitative estimate of drug-likeness (QED) is 0.601. The second-order valence-corrected chi connectivity index (χ2v) is 4.26. The molecule has 0 atom stereocenters. The Hall–Kier alpha value is -2.63. The molecule has 2 N–H and O–H groups in total. The molecule has 0 aliphatic carbocycles. The molecule has 0 fully saturated rings. The summed E-state index contributed by atoms with van der Waals surface area (Å²) in [4.78, 5) is 14.1. The first-order chi connectivity index (χ1) is 9.31. The minimum atomic E-state index is -0.113. The first-order valence-corrected chi connectivity index (χ1v) is 5.92. The van der Waals surface area contributed by atoms with E-state index in [1.165, 1.54) is 6.20 Å². The van der Waals surface area contributed by atoms with Crippen LogP contribution in [0, 0.1) is 0 Å². The number of H-pyrrole nitrogens is 1. The molecule has 1 aromatic carbocycles. The van der Waals surface area contributed by atoms with Crippen molar-refractivity contribution in [3.63, 3.8) is 0 Å². The maximum absolute atomic E-state index is 12.4. The summed E-state index contributed by atoms with van der Waals surface area (Å²) in [5, 5.41) is 18.7. The van der Waals surface area contributed by atoms with E-state index < -0.39 is 0 Å².